The number of aryl methyl sites for hydroxylation is 1. The maximum absolute atomic E-state index is 12.2. The van der Waals surface area contributed by atoms with Crippen LogP contribution in [-0.2, 0) is 23.0 Å². The summed E-state index contributed by atoms with van der Waals surface area (Å²) in [6.07, 6.45) is 2.51. The maximum Gasteiger partial charge on any atom is 0.250 e. The van der Waals surface area contributed by atoms with E-state index in [1.54, 1.807) is 24.4 Å². The van der Waals surface area contributed by atoms with Crippen molar-refractivity contribution >= 4 is 21.4 Å². The SMILES string of the molecule is CCc1ccc(S(=O)(=O)NCc2ccc(OC(C)C)nc2)s1. The smallest absolute Gasteiger partial charge is 0.250 e. The minimum Gasteiger partial charge on any atom is -0.475 e. The average molecular weight is 340 g/mol. The van der Waals surface area contributed by atoms with Crippen LogP contribution < -0.4 is 9.46 Å². The van der Waals surface area contributed by atoms with Crippen LogP contribution in [0.25, 0.3) is 0 Å². The van der Waals surface area contributed by atoms with Crippen LogP contribution in [-0.4, -0.2) is 19.5 Å². The summed E-state index contributed by atoms with van der Waals surface area (Å²) in [5.74, 6) is 0.535. The van der Waals surface area contributed by atoms with Gasteiger partial charge in [0.2, 0.25) is 15.9 Å². The van der Waals surface area contributed by atoms with Crippen molar-refractivity contribution in [2.45, 2.75) is 44.0 Å². The third-order valence-corrected chi connectivity index (χ3v) is 5.99. The third-order valence-electron chi connectivity index (χ3n) is 2.87. The lowest BCUT2D eigenvalue weighted by Crippen LogP contribution is -2.22. The number of aromatic nitrogens is 1. The van der Waals surface area contributed by atoms with E-state index in [0.717, 1.165) is 16.9 Å². The van der Waals surface area contributed by atoms with E-state index in [-0.39, 0.29) is 12.6 Å². The van der Waals surface area contributed by atoms with Gasteiger partial charge < -0.3 is 4.74 Å². The Hall–Kier alpha value is -1.44. The highest BCUT2D eigenvalue weighted by Crippen LogP contribution is 2.22. The molecule has 0 aliphatic heterocycles. The molecule has 0 aromatic carbocycles. The molecule has 2 rings (SSSR count). The summed E-state index contributed by atoms with van der Waals surface area (Å²) in [5.41, 5.74) is 0.784. The van der Waals surface area contributed by atoms with E-state index in [2.05, 4.69) is 9.71 Å². The van der Waals surface area contributed by atoms with Crippen LogP contribution in [0.4, 0.5) is 0 Å². The Morgan fingerprint density at radius 2 is 2.05 bits per heavy atom. The molecule has 0 unspecified atom stereocenters. The number of sulfonamides is 1. The monoisotopic (exact) mass is 340 g/mol. The lowest BCUT2D eigenvalue weighted by molar-refractivity contribution is 0.232. The molecule has 0 bridgehead atoms. The fraction of sp³-hybridized carbons (Fsp3) is 0.400. The summed E-state index contributed by atoms with van der Waals surface area (Å²) in [5, 5.41) is 0. The number of thiophene rings is 1. The van der Waals surface area contributed by atoms with Gasteiger partial charge in [-0.1, -0.05) is 13.0 Å². The second-order valence-corrected chi connectivity index (χ2v) is 8.23. The van der Waals surface area contributed by atoms with Crippen LogP contribution in [0.3, 0.4) is 0 Å². The van der Waals surface area contributed by atoms with Gasteiger partial charge in [0.1, 0.15) is 4.21 Å². The van der Waals surface area contributed by atoms with Crippen LogP contribution in [0.2, 0.25) is 0 Å². The molecular weight excluding hydrogens is 320 g/mol. The number of hydrogen-bond donors (Lipinski definition) is 1. The molecule has 2 aromatic rings. The molecule has 0 spiro atoms. The van der Waals surface area contributed by atoms with Gasteiger partial charge in [0, 0.05) is 23.7 Å². The number of rotatable bonds is 7. The zero-order valence-corrected chi connectivity index (χ0v) is 14.5. The van der Waals surface area contributed by atoms with Gasteiger partial charge in [0.25, 0.3) is 0 Å². The molecule has 7 heteroatoms. The third kappa shape index (κ3) is 4.53. The van der Waals surface area contributed by atoms with Gasteiger partial charge in [-0.2, -0.15) is 0 Å². The van der Waals surface area contributed by atoms with E-state index < -0.39 is 10.0 Å². The van der Waals surface area contributed by atoms with Gasteiger partial charge in [-0.25, -0.2) is 18.1 Å². The van der Waals surface area contributed by atoms with Gasteiger partial charge >= 0.3 is 0 Å². The second kappa shape index (κ2) is 7.21. The molecule has 0 aliphatic rings. The molecule has 0 aliphatic carbocycles. The Morgan fingerprint density at radius 3 is 2.59 bits per heavy atom. The van der Waals surface area contributed by atoms with E-state index in [9.17, 15) is 8.42 Å². The van der Waals surface area contributed by atoms with E-state index in [4.69, 9.17) is 4.74 Å². The number of nitrogens with zero attached hydrogens (tertiary/aromatic N) is 1. The first kappa shape index (κ1) is 16.9. The van der Waals surface area contributed by atoms with Crippen molar-refractivity contribution in [1.29, 1.82) is 0 Å². The van der Waals surface area contributed by atoms with Crippen molar-refractivity contribution in [3.8, 4) is 5.88 Å². The first-order valence-electron chi connectivity index (χ1n) is 7.10. The van der Waals surface area contributed by atoms with Gasteiger partial charge in [-0.3, -0.25) is 0 Å². The molecule has 0 radical (unpaired) electrons. The molecule has 120 valence electrons. The molecule has 2 aromatic heterocycles. The minimum absolute atomic E-state index is 0.0587. The predicted octanol–water partition coefficient (Wildman–Crippen LogP) is 2.97. The zero-order valence-electron chi connectivity index (χ0n) is 12.9. The Bertz CT molecular complexity index is 707. The van der Waals surface area contributed by atoms with Gasteiger partial charge in [-0.05, 0) is 38.0 Å². The number of ether oxygens (including phenoxy) is 1. The second-order valence-electron chi connectivity index (χ2n) is 5.07. The van der Waals surface area contributed by atoms with Crippen molar-refractivity contribution in [3.63, 3.8) is 0 Å². The lowest BCUT2D eigenvalue weighted by Gasteiger charge is -2.09. The summed E-state index contributed by atoms with van der Waals surface area (Å²) in [6.45, 7) is 6.06. The highest BCUT2D eigenvalue weighted by Gasteiger charge is 2.16. The first-order valence-corrected chi connectivity index (χ1v) is 9.40. The van der Waals surface area contributed by atoms with Crippen LogP contribution in [0, 0.1) is 0 Å². The topological polar surface area (TPSA) is 68.3 Å². The molecule has 0 amide bonds. The Kier molecular flexibility index (Phi) is 5.55. The predicted molar refractivity (Wildman–Crippen MR) is 87.7 cm³/mol. The molecular formula is C15H20N2O3S2. The van der Waals surface area contributed by atoms with Crippen molar-refractivity contribution in [2.75, 3.05) is 0 Å². The van der Waals surface area contributed by atoms with E-state index in [1.807, 2.05) is 26.8 Å². The Balaban J connectivity index is 1.99. The number of hydrogen-bond acceptors (Lipinski definition) is 5. The van der Waals surface area contributed by atoms with Crippen molar-refractivity contribution < 1.29 is 13.2 Å². The summed E-state index contributed by atoms with van der Waals surface area (Å²) in [7, 11) is -3.47. The lowest BCUT2D eigenvalue weighted by atomic mass is 10.3. The highest BCUT2D eigenvalue weighted by molar-refractivity contribution is 7.91. The molecule has 0 fully saturated rings. The van der Waals surface area contributed by atoms with Crippen LogP contribution in [0.1, 0.15) is 31.2 Å². The van der Waals surface area contributed by atoms with E-state index in [1.165, 1.54) is 11.3 Å². The fourth-order valence-electron chi connectivity index (χ4n) is 1.77. The van der Waals surface area contributed by atoms with Gasteiger partial charge in [-0.15, -0.1) is 11.3 Å². The summed E-state index contributed by atoms with van der Waals surface area (Å²) in [4.78, 5) is 5.21. The summed E-state index contributed by atoms with van der Waals surface area (Å²) < 4.78 is 32.8. The Morgan fingerprint density at radius 1 is 1.27 bits per heavy atom. The maximum atomic E-state index is 12.2. The van der Waals surface area contributed by atoms with E-state index in [0.29, 0.717) is 10.1 Å². The fourth-order valence-corrected chi connectivity index (χ4v) is 4.13. The summed E-state index contributed by atoms with van der Waals surface area (Å²) >= 11 is 1.30. The van der Waals surface area contributed by atoms with Crippen molar-refractivity contribution in [1.82, 2.24) is 9.71 Å². The molecule has 0 atom stereocenters. The highest BCUT2D eigenvalue weighted by atomic mass is 32.2. The van der Waals surface area contributed by atoms with Gasteiger partial charge in [0.15, 0.2) is 0 Å². The number of pyridine rings is 1. The van der Waals surface area contributed by atoms with Crippen LogP contribution in [0.5, 0.6) is 5.88 Å². The first-order chi connectivity index (χ1) is 10.4. The zero-order chi connectivity index (χ0) is 16.2. The summed E-state index contributed by atoms with van der Waals surface area (Å²) in [6, 6.07) is 7.03. The molecule has 2 heterocycles. The van der Waals surface area contributed by atoms with Crippen LogP contribution in [0.15, 0.2) is 34.7 Å². The molecule has 0 saturated carbocycles. The standard InChI is InChI=1S/C15H20N2O3S2/c1-4-13-6-8-15(21-13)22(18,19)17-10-12-5-7-14(16-9-12)20-11(2)3/h5-9,11,17H,4,10H2,1-3H3. The van der Waals surface area contributed by atoms with Crippen molar-refractivity contribution in [2.24, 2.45) is 0 Å². The molecule has 5 nitrogen and oxygen atoms in total. The average Bonchev–Trinajstić information content (AvgIpc) is 2.96. The quantitative estimate of drug-likeness (QED) is 0.841. The van der Waals surface area contributed by atoms with Crippen molar-refractivity contribution in [3.05, 3.63) is 40.9 Å². The minimum atomic E-state index is -3.47. The number of nitrogens with one attached hydrogen (secondary N) is 1. The normalized spacial score (nSPS) is 11.8. The molecule has 0 saturated heterocycles. The Labute approximate surface area is 135 Å². The van der Waals surface area contributed by atoms with Gasteiger partial charge in [0.05, 0.1) is 6.10 Å². The molecule has 22 heavy (non-hydrogen) atoms. The van der Waals surface area contributed by atoms with Crippen LogP contribution >= 0.6 is 11.3 Å². The molecule has 1 N–H and O–H groups in total. The largest absolute Gasteiger partial charge is 0.475 e. The van der Waals surface area contributed by atoms with E-state index >= 15 is 0 Å².